The van der Waals surface area contributed by atoms with Gasteiger partial charge in [-0.3, -0.25) is 9.59 Å². The Morgan fingerprint density at radius 2 is 1.68 bits per heavy atom. The van der Waals surface area contributed by atoms with Crippen LogP contribution >= 0.6 is 0 Å². The van der Waals surface area contributed by atoms with Crippen molar-refractivity contribution in [2.75, 3.05) is 38.7 Å². The molecule has 0 N–H and O–H groups in total. The van der Waals surface area contributed by atoms with Gasteiger partial charge >= 0.3 is 5.97 Å². The van der Waals surface area contributed by atoms with Crippen molar-refractivity contribution in [1.82, 2.24) is 4.90 Å². The van der Waals surface area contributed by atoms with Gasteiger partial charge in [-0.15, -0.1) is 0 Å². The van der Waals surface area contributed by atoms with Gasteiger partial charge in [-0.25, -0.2) is 0 Å². The monoisotopic (exact) mass is 306 g/mol. The lowest BCUT2D eigenvalue weighted by atomic mass is 10.1. The fourth-order valence-electron chi connectivity index (χ4n) is 2.39. The molecule has 0 aliphatic heterocycles. The van der Waals surface area contributed by atoms with E-state index in [9.17, 15) is 9.59 Å². The lowest BCUT2D eigenvalue weighted by molar-refractivity contribution is -0.145. The average Bonchev–Trinajstić information content (AvgIpc) is 2.55. The van der Waals surface area contributed by atoms with Crippen LogP contribution in [0.4, 0.5) is 5.69 Å². The van der Waals surface area contributed by atoms with E-state index in [4.69, 9.17) is 0 Å². The normalized spacial score (nSPS) is 11.7. The number of hydrogen-bond donors (Lipinski definition) is 0. The molecule has 1 aromatic carbocycles. The molecule has 1 rings (SSSR count). The van der Waals surface area contributed by atoms with Crippen LogP contribution in [0.5, 0.6) is 0 Å². The minimum absolute atomic E-state index is 0.0955. The molecule has 122 valence electrons. The minimum Gasteiger partial charge on any atom is -0.469 e. The first-order valence-electron chi connectivity index (χ1n) is 7.62. The van der Waals surface area contributed by atoms with Crippen molar-refractivity contribution in [2.45, 2.75) is 20.8 Å². The summed E-state index contributed by atoms with van der Waals surface area (Å²) in [6.07, 6.45) is 0. The smallest absolute Gasteiger partial charge is 0.310 e. The Morgan fingerprint density at radius 1 is 1.14 bits per heavy atom. The molecule has 0 fully saturated rings. The number of hydrogen-bond acceptors (Lipinski definition) is 4. The Kier molecular flexibility index (Phi) is 6.89. The topological polar surface area (TPSA) is 49.9 Å². The van der Waals surface area contributed by atoms with E-state index in [1.54, 1.807) is 18.9 Å². The molecule has 5 heteroatoms. The van der Waals surface area contributed by atoms with Gasteiger partial charge in [0.1, 0.15) is 0 Å². The lowest BCUT2D eigenvalue weighted by Crippen LogP contribution is -2.34. The highest BCUT2D eigenvalue weighted by molar-refractivity contribution is 5.94. The zero-order valence-electron chi connectivity index (χ0n) is 14.1. The van der Waals surface area contributed by atoms with Crippen molar-refractivity contribution in [3.63, 3.8) is 0 Å². The van der Waals surface area contributed by atoms with Gasteiger partial charge in [-0.1, -0.05) is 6.92 Å². The fraction of sp³-hybridized carbons (Fsp3) is 0.529. The molecule has 0 saturated heterocycles. The summed E-state index contributed by atoms with van der Waals surface area (Å²) in [5.41, 5.74) is 1.72. The van der Waals surface area contributed by atoms with Crippen LogP contribution < -0.4 is 4.90 Å². The van der Waals surface area contributed by atoms with Gasteiger partial charge in [0.2, 0.25) is 0 Å². The molecule has 1 unspecified atom stereocenters. The molecule has 0 bridgehead atoms. The summed E-state index contributed by atoms with van der Waals surface area (Å²) in [7, 11) is 3.05. The maximum absolute atomic E-state index is 12.4. The lowest BCUT2D eigenvalue weighted by Gasteiger charge is -2.22. The molecule has 0 radical (unpaired) electrons. The highest BCUT2D eigenvalue weighted by atomic mass is 16.5. The van der Waals surface area contributed by atoms with Crippen molar-refractivity contribution in [3.8, 4) is 0 Å². The molecule has 0 aromatic heterocycles. The van der Waals surface area contributed by atoms with Gasteiger partial charge in [0.25, 0.3) is 5.91 Å². The molecule has 1 atom stereocenters. The Bertz CT molecular complexity index is 495. The maximum Gasteiger partial charge on any atom is 0.310 e. The van der Waals surface area contributed by atoms with Crippen molar-refractivity contribution in [2.24, 2.45) is 5.92 Å². The molecule has 0 heterocycles. The van der Waals surface area contributed by atoms with Crippen molar-refractivity contribution in [3.05, 3.63) is 29.8 Å². The molecule has 1 aromatic rings. The van der Waals surface area contributed by atoms with Crippen molar-refractivity contribution in [1.29, 1.82) is 0 Å². The predicted molar refractivity (Wildman–Crippen MR) is 88.1 cm³/mol. The van der Waals surface area contributed by atoms with Gasteiger partial charge in [0.05, 0.1) is 13.0 Å². The third kappa shape index (κ3) is 4.48. The SMILES string of the molecule is CCN(CC)c1ccc(C(=O)N(C)CC(C)C(=O)OC)cc1. The molecular formula is C17H26N2O3. The van der Waals surface area contributed by atoms with Crippen LogP contribution in [0.1, 0.15) is 31.1 Å². The standard InChI is InChI=1S/C17H26N2O3/c1-6-19(7-2)15-10-8-14(9-11-15)16(20)18(4)12-13(3)17(21)22-5/h8-11,13H,6-7,12H2,1-5H3. The van der Waals surface area contributed by atoms with Gasteiger partial charge < -0.3 is 14.5 Å². The number of rotatable bonds is 7. The van der Waals surface area contributed by atoms with E-state index in [1.165, 1.54) is 7.11 Å². The maximum atomic E-state index is 12.4. The summed E-state index contributed by atoms with van der Waals surface area (Å²) in [6, 6.07) is 7.57. The molecule has 0 spiro atoms. The molecular weight excluding hydrogens is 280 g/mol. The number of amides is 1. The summed E-state index contributed by atoms with van der Waals surface area (Å²) < 4.78 is 4.68. The number of methoxy groups -OCH3 is 1. The zero-order valence-corrected chi connectivity index (χ0v) is 14.1. The van der Waals surface area contributed by atoms with Crippen molar-refractivity contribution < 1.29 is 14.3 Å². The second-order valence-corrected chi connectivity index (χ2v) is 5.33. The summed E-state index contributed by atoms with van der Waals surface area (Å²) in [6.45, 7) is 8.15. The zero-order chi connectivity index (χ0) is 16.7. The third-order valence-electron chi connectivity index (χ3n) is 3.74. The molecule has 22 heavy (non-hydrogen) atoms. The van der Waals surface area contributed by atoms with E-state index < -0.39 is 0 Å². The second kappa shape index (κ2) is 8.41. The second-order valence-electron chi connectivity index (χ2n) is 5.33. The van der Waals surface area contributed by atoms with Gasteiger partial charge in [-0.05, 0) is 38.1 Å². The van der Waals surface area contributed by atoms with Gasteiger partial charge in [-0.2, -0.15) is 0 Å². The molecule has 0 saturated carbocycles. The largest absolute Gasteiger partial charge is 0.469 e. The number of ether oxygens (including phenoxy) is 1. The van der Waals surface area contributed by atoms with Crippen LogP contribution in [0.3, 0.4) is 0 Å². The van der Waals surface area contributed by atoms with Crippen LogP contribution in [0.25, 0.3) is 0 Å². The number of esters is 1. The molecule has 5 nitrogen and oxygen atoms in total. The number of carbonyl (C=O) groups excluding carboxylic acids is 2. The fourth-order valence-corrected chi connectivity index (χ4v) is 2.39. The Morgan fingerprint density at radius 3 is 2.14 bits per heavy atom. The number of nitrogens with zero attached hydrogens (tertiary/aromatic N) is 2. The highest BCUT2D eigenvalue weighted by Gasteiger charge is 2.19. The molecule has 0 aliphatic carbocycles. The van der Waals surface area contributed by atoms with E-state index in [0.717, 1.165) is 18.8 Å². The molecule has 1 amide bonds. The van der Waals surface area contributed by atoms with E-state index in [-0.39, 0.29) is 17.8 Å². The summed E-state index contributed by atoms with van der Waals surface area (Å²) in [5, 5.41) is 0. The van der Waals surface area contributed by atoms with E-state index in [2.05, 4.69) is 23.5 Å². The predicted octanol–water partition coefficient (Wildman–Crippen LogP) is 2.41. The average molecular weight is 306 g/mol. The van der Waals surface area contributed by atoms with Crippen LogP contribution in [-0.4, -0.2) is 50.6 Å². The van der Waals surface area contributed by atoms with Gasteiger partial charge in [0, 0.05) is 37.9 Å². The van der Waals surface area contributed by atoms with Crippen LogP contribution in [0.2, 0.25) is 0 Å². The summed E-state index contributed by atoms with van der Waals surface area (Å²) in [5.74, 6) is -0.743. The first-order valence-corrected chi connectivity index (χ1v) is 7.62. The molecule has 0 aliphatic rings. The van der Waals surface area contributed by atoms with Gasteiger partial charge in [0.15, 0.2) is 0 Å². The first kappa shape index (κ1) is 18.0. The quantitative estimate of drug-likeness (QED) is 0.726. The number of benzene rings is 1. The third-order valence-corrected chi connectivity index (χ3v) is 3.74. The van der Waals surface area contributed by atoms with E-state index in [0.29, 0.717) is 12.1 Å². The minimum atomic E-state index is -0.339. The summed E-state index contributed by atoms with van der Waals surface area (Å²) >= 11 is 0. The van der Waals surface area contributed by atoms with Crippen LogP contribution in [0.15, 0.2) is 24.3 Å². The first-order chi connectivity index (χ1) is 10.4. The number of anilines is 1. The van der Waals surface area contributed by atoms with E-state index >= 15 is 0 Å². The Labute approximate surface area is 132 Å². The van der Waals surface area contributed by atoms with Crippen LogP contribution in [-0.2, 0) is 9.53 Å². The Hall–Kier alpha value is -2.04. The highest BCUT2D eigenvalue weighted by Crippen LogP contribution is 2.16. The Balaban J connectivity index is 2.74. The van der Waals surface area contributed by atoms with Crippen molar-refractivity contribution >= 4 is 17.6 Å². The van der Waals surface area contributed by atoms with Crippen LogP contribution in [0, 0.1) is 5.92 Å². The van der Waals surface area contributed by atoms with E-state index in [1.807, 2.05) is 24.3 Å². The number of carbonyl (C=O) groups is 2. The summed E-state index contributed by atoms with van der Waals surface area (Å²) in [4.78, 5) is 27.6.